The fourth-order valence-electron chi connectivity index (χ4n) is 3.62. The second-order valence-corrected chi connectivity index (χ2v) is 9.76. The minimum atomic E-state index is -3.87. The van der Waals surface area contributed by atoms with Crippen LogP contribution in [-0.2, 0) is 21.3 Å². The molecular formula is C27H27N3O5S. The lowest BCUT2D eigenvalue weighted by atomic mass is 10.2. The van der Waals surface area contributed by atoms with Gasteiger partial charge in [0, 0.05) is 18.8 Å². The van der Waals surface area contributed by atoms with Gasteiger partial charge in [0.1, 0.15) is 19.0 Å². The summed E-state index contributed by atoms with van der Waals surface area (Å²) in [6, 6.07) is 23.0. The van der Waals surface area contributed by atoms with Crippen molar-refractivity contribution in [2.45, 2.75) is 18.7 Å². The van der Waals surface area contributed by atoms with Crippen LogP contribution in [0.4, 0.5) is 5.69 Å². The quantitative estimate of drug-likeness (QED) is 0.192. The molecule has 0 aliphatic heterocycles. The summed E-state index contributed by atoms with van der Waals surface area (Å²) in [4.78, 5) is 17.6. The third-order valence-corrected chi connectivity index (χ3v) is 6.99. The van der Waals surface area contributed by atoms with Gasteiger partial charge in [-0.25, -0.2) is 9.67 Å². The highest BCUT2D eigenvalue weighted by molar-refractivity contribution is 7.86. The van der Waals surface area contributed by atoms with Crippen molar-refractivity contribution >= 4 is 22.0 Å². The Morgan fingerprint density at radius 3 is 2.28 bits per heavy atom. The van der Waals surface area contributed by atoms with Gasteiger partial charge in [-0.05, 0) is 50.2 Å². The molecule has 8 nitrogen and oxygen atoms in total. The number of ether oxygens (including phenoxy) is 1. The molecule has 4 rings (SSSR count). The molecule has 0 saturated heterocycles. The van der Waals surface area contributed by atoms with Crippen LogP contribution < -0.4 is 10.3 Å². The summed E-state index contributed by atoms with van der Waals surface area (Å²) in [5.74, 6) is 0.495. The van der Waals surface area contributed by atoms with Crippen LogP contribution in [0.25, 0.3) is 5.69 Å². The molecule has 0 saturated carbocycles. The van der Waals surface area contributed by atoms with Gasteiger partial charge in [-0.3, -0.25) is 13.7 Å². The third kappa shape index (κ3) is 5.48. The van der Waals surface area contributed by atoms with Gasteiger partial charge in [0.2, 0.25) is 0 Å². The lowest BCUT2D eigenvalue weighted by molar-refractivity contribution is 0.221. The Bertz CT molecular complexity index is 1540. The zero-order valence-corrected chi connectivity index (χ0v) is 21.1. The number of rotatable bonds is 9. The molecule has 0 N–H and O–H groups in total. The van der Waals surface area contributed by atoms with Crippen LogP contribution in [0, 0.1) is 13.8 Å². The first-order valence-electron chi connectivity index (χ1n) is 11.3. The summed E-state index contributed by atoms with van der Waals surface area (Å²) in [6.45, 7) is 3.58. The van der Waals surface area contributed by atoms with Gasteiger partial charge in [-0.2, -0.15) is 8.42 Å². The molecule has 1 aromatic heterocycles. The Labute approximate surface area is 210 Å². The third-order valence-electron chi connectivity index (χ3n) is 5.66. The van der Waals surface area contributed by atoms with Crippen molar-refractivity contribution in [2.24, 2.45) is 12.0 Å². The summed E-state index contributed by atoms with van der Waals surface area (Å²) in [6.07, 6.45) is 1.57. The number of nitrogens with zero attached hydrogens (tertiary/aromatic N) is 3. The van der Waals surface area contributed by atoms with Crippen molar-refractivity contribution in [3.05, 3.63) is 106 Å². The normalized spacial score (nSPS) is 11.8. The molecule has 0 atom stereocenters. The van der Waals surface area contributed by atoms with Gasteiger partial charge in [0.05, 0.1) is 16.3 Å². The predicted octanol–water partition coefficient (Wildman–Crippen LogP) is 4.33. The average Bonchev–Trinajstić information content (AvgIpc) is 3.09. The number of aryl methyl sites for hydroxylation is 1. The van der Waals surface area contributed by atoms with E-state index in [9.17, 15) is 13.2 Å². The number of hydrogen-bond acceptors (Lipinski definition) is 6. The molecule has 0 amide bonds. The number of aromatic nitrogens is 2. The smallest absolute Gasteiger partial charge is 0.297 e. The molecule has 0 radical (unpaired) electrons. The Morgan fingerprint density at radius 2 is 1.56 bits per heavy atom. The van der Waals surface area contributed by atoms with Crippen LogP contribution >= 0.6 is 0 Å². The Kier molecular flexibility index (Phi) is 7.52. The molecule has 1 heterocycles. The lowest BCUT2D eigenvalue weighted by Gasteiger charge is -2.10. The van der Waals surface area contributed by atoms with Crippen molar-refractivity contribution in [3.8, 4) is 11.4 Å². The highest BCUT2D eigenvalue weighted by Crippen LogP contribution is 2.20. The van der Waals surface area contributed by atoms with E-state index < -0.39 is 10.1 Å². The fraction of sp³-hybridized carbons (Fsp3) is 0.185. The topological polar surface area (TPSA) is 91.9 Å². The maximum absolute atomic E-state index is 13.1. The molecule has 0 bridgehead atoms. The molecule has 0 unspecified atom stereocenters. The van der Waals surface area contributed by atoms with Crippen LogP contribution in [0.3, 0.4) is 0 Å². The summed E-state index contributed by atoms with van der Waals surface area (Å²) in [7, 11) is -2.06. The van der Waals surface area contributed by atoms with E-state index in [1.165, 1.54) is 12.1 Å². The van der Waals surface area contributed by atoms with Crippen LogP contribution in [0.2, 0.25) is 0 Å². The summed E-state index contributed by atoms with van der Waals surface area (Å²) < 4.78 is 38.9. The standard InChI is InChI=1S/C27H27N3O5S/c1-20-13-15-24(16-14-20)36(32,33)35-18-17-34-25-12-8-7-9-22(25)19-28-26-21(2)29(3)30(27(26)31)23-10-5-4-6-11-23/h4-16,19H,17-18H2,1-3H3. The highest BCUT2D eigenvalue weighted by atomic mass is 32.2. The van der Waals surface area contributed by atoms with E-state index in [1.807, 2.05) is 57.3 Å². The highest BCUT2D eigenvalue weighted by Gasteiger charge is 2.16. The zero-order valence-electron chi connectivity index (χ0n) is 20.3. The van der Waals surface area contributed by atoms with Crippen molar-refractivity contribution in [3.63, 3.8) is 0 Å². The molecule has 0 spiro atoms. The van der Waals surface area contributed by atoms with Gasteiger partial charge in [0.25, 0.3) is 15.7 Å². The Morgan fingerprint density at radius 1 is 0.889 bits per heavy atom. The van der Waals surface area contributed by atoms with Gasteiger partial charge in [0.15, 0.2) is 5.69 Å². The monoisotopic (exact) mass is 505 g/mol. The average molecular weight is 506 g/mol. The summed E-state index contributed by atoms with van der Waals surface area (Å²) >= 11 is 0. The van der Waals surface area contributed by atoms with Crippen LogP contribution in [0.15, 0.2) is 93.5 Å². The maximum atomic E-state index is 13.1. The van der Waals surface area contributed by atoms with Gasteiger partial charge in [-0.15, -0.1) is 0 Å². The van der Waals surface area contributed by atoms with Crippen molar-refractivity contribution < 1.29 is 17.3 Å². The number of aliphatic imine (C=N–C) groups is 1. The van der Waals surface area contributed by atoms with E-state index in [2.05, 4.69) is 4.99 Å². The predicted molar refractivity (Wildman–Crippen MR) is 139 cm³/mol. The first-order valence-corrected chi connectivity index (χ1v) is 12.7. The van der Waals surface area contributed by atoms with E-state index in [0.29, 0.717) is 22.7 Å². The minimum Gasteiger partial charge on any atom is -0.490 e. The van der Waals surface area contributed by atoms with Crippen LogP contribution in [0.5, 0.6) is 5.75 Å². The second-order valence-electron chi connectivity index (χ2n) is 8.14. The van der Waals surface area contributed by atoms with E-state index >= 15 is 0 Å². The lowest BCUT2D eigenvalue weighted by Crippen LogP contribution is -2.19. The number of benzene rings is 3. The molecule has 36 heavy (non-hydrogen) atoms. The van der Waals surface area contributed by atoms with E-state index in [1.54, 1.807) is 45.9 Å². The van der Waals surface area contributed by atoms with Gasteiger partial charge >= 0.3 is 0 Å². The zero-order chi connectivity index (χ0) is 25.7. The molecule has 4 aromatic rings. The van der Waals surface area contributed by atoms with Crippen LogP contribution in [0.1, 0.15) is 16.8 Å². The SMILES string of the molecule is Cc1ccc(S(=O)(=O)OCCOc2ccccc2C=Nc2c(C)n(C)n(-c3ccccc3)c2=O)cc1. The first-order chi connectivity index (χ1) is 17.3. The second kappa shape index (κ2) is 10.8. The molecule has 3 aromatic carbocycles. The van der Waals surface area contributed by atoms with Crippen molar-refractivity contribution in [1.82, 2.24) is 9.36 Å². The Hall–Kier alpha value is -3.95. The van der Waals surface area contributed by atoms with Gasteiger partial charge in [-0.1, -0.05) is 48.0 Å². The van der Waals surface area contributed by atoms with Crippen molar-refractivity contribution in [2.75, 3.05) is 13.2 Å². The molecule has 0 fully saturated rings. The first kappa shape index (κ1) is 25.2. The molecule has 9 heteroatoms. The molecule has 186 valence electrons. The number of hydrogen-bond donors (Lipinski definition) is 0. The largest absolute Gasteiger partial charge is 0.490 e. The maximum Gasteiger partial charge on any atom is 0.297 e. The van der Waals surface area contributed by atoms with Crippen molar-refractivity contribution in [1.29, 1.82) is 0 Å². The molecule has 0 aliphatic rings. The van der Waals surface area contributed by atoms with E-state index in [4.69, 9.17) is 8.92 Å². The number of para-hydroxylation sites is 2. The van der Waals surface area contributed by atoms with Crippen LogP contribution in [-0.4, -0.2) is 37.2 Å². The minimum absolute atomic E-state index is 0.0150. The van der Waals surface area contributed by atoms with E-state index in [0.717, 1.165) is 11.3 Å². The Balaban J connectivity index is 1.46. The summed E-state index contributed by atoms with van der Waals surface area (Å²) in [5, 5.41) is 0. The van der Waals surface area contributed by atoms with Gasteiger partial charge < -0.3 is 4.74 Å². The fourth-order valence-corrected chi connectivity index (χ4v) is 4.52. The molecule has 0 aliphatic carbocycles. The summed E-state index contributed by atoms with van der Waals surface area (Å²) in [5.41, 5.74) is 3.16. The molecular weight excluding hydrogens is 478 g/mol. The van der Waals surface area contributed by atoms with E-state index in [-0.39, 0.29) is 23.7 Å².